The summed E-state index contributed by atoms with van der Waals surface area (Å²) in [5.41, 5.74) is 2.39. The van der Waals surface area contributed by atoms with Crippen molar-refractivity contribution in [3.8, 4) is 0 Å². The number of nitrogens with two attached hydrogens (primary N) is 2. The molecular weight excluding hydrogens is 140 g/mol. The molecule has 0 bridgehead atoms. The Balaban J connectivity index is 2.53. The molecule has 0 aromatic carbocycles. The summed E-state index contributed by atoms with van der Waals surface area (Å²) < 4.78 is 1.31. The molecule has 0 amide bonds. The topological polar surface area (TPSA) is 82.9 Å². The van der Waals surface area contributed by atoms with Crippen LogP contribution in [-0.4, -0.2) is 22.1 Å². The Morgan fingerprint density at radius 2 is 2.44 bits per heavy atom. The van der Waals surface area contributed by atoms with Gasteiger partial charge in [0.2, 0.25) is 6.29 Å². The lowest BCUT2D eigenvalue weighted by Gasteiger charge is -2.21. The lowest BCUT2D eigenvalue weighted by Crippen LogP contribution is -2.53. The largest absolute Gasteiger partial charge is 0.268 e. The normalized spacial score (nSPS) is 25.9. The molecule has 0 aromatic heterocycles. The van der Waals surface area contributed by atoms with Crippen molar-refractivity contribution in [2.75, 3.05) is 0 Å². The van der Waals surface area contributed by atoms with Crippen molar-refractivity contribution < 1.29 is 0 Å². The lowest BCUT2D eigenvalue weighted by atomic mass is 10.8. The average molecular weight is 148 g/mol. The minimum Gasteiger partial charge on any atom is -0.268 e. The Morgan fingerprint density at radius 3 is 2.67 bits per heavy atom. The van der Waals surface area contributed by atoms with Crippen molar-refractivity contribution in [1.29, 1.82) is 0 Å². The Bertz CT molecular complexity index is 112. The minimum atomic E-state index is -0.353. The highest BCUT2D eigenvalue weighted by Crippen LogP contribution is 2.06. The molecule has 0 radical (unpaired) electrons. The molecule has 0 spiro atoms. The second kappa shape index (κ2) is 2.40. The van der Waals surface area contributed by atoms with Gasteiger partial charge in [0.05, 0.1) is 0 Å². The highest BCUT2D eigenvalue weighted by atomic mass is 32.1. The van der Waals surface area contributed by atoms with Gasteiger partial charge >= 0.3 is 0 Å². The van der Waals surface area contributed by atoms with Gasteiger partial charge in [-0.1, -0.05) is 0 Å². The highest BCUT2D eigenvalue weighted by molar-refractivity contribution is 7.77. The zero-order chi connectivity index (χ0) is 6.85. The summed E-state index contributed by atoms with van der Waals surface area (Å²) in [6.07, 6.45) is 1.06. The standard InChI is InChI=1S/C2H8N6S/c3-6-2-7(4)1-5-8(2)9/h1-2,6,9H,3-4H2. The molecule has 0 saturated heterocycles. The van der Waals surface area contributed by atoms with E-state index in [1.165, 1.54) is 15.8 Å². The van der Waals surface area contributed by atoms with Gasteiger partial charge in [-0.05, 0) is 12.8 Å². The predicted molar refractivity (Wildman–Crippen MR) is 36.5 cm³/mol. The van der Waals surface area contributed by atoms with Crippen LogP contribution in [-0.2, 0) is 0 Å². The van der Waals surface area contributed by atoms with E-state index in [9.17, 15) is 0 Å². The molecule has 6 nitrogen and oxygen atoms in total. The molecule has 5 N–H and O–H groups in total. The van der Waals surface area contributed by atoms with E-state index in [1.54, 1.807) is 0 Å². The Kier molecular flexibility index (Phi) is 1.76. The third-order valence-corrected chi connectivity index (χ3v) is 1.28. The fourth-order valence-electron chi connectivity index (χ4n) is 0.511. The smallest absolute Gasteiger partial charge is 0.210 e. The van der Waals surface area contributed by atoms with Gasteiger partial charge in [-0.15, -0.1) is 0 Å². The van der Waals surface area contributed by atoms with Crippen molar-refractivity contribution in [3.05, 3.63) is 0 Å². The molecule has 0 aromatic rings. The summed E-state index contributed by atoms with van der Waals surface area (Å²) in [5.74, 6) is 10.4. The predicted octanol–water partition coefficient (Wildman–Crippen LogP) is -1.99. The van der Waals surface area contributed by atoms with Gasteiger partial charge in [0.15, 0.2) is 0 Å². The SMILES string of the molecule is NNC1N(N)C=NN1S. The van der Waals surface area contributed by atoms with Crippen molar-refractivity contribution in [3.63, 3.8) is 0 Å². The van der Waals surface area contributed by atoms with E-state index in [1.807, 2.05) is 0 Å². The lowest BCUT2D eigenvalue weighted by molar-refractivity contribution is 0.189. The van der Waals surface area contributed by atoms with Crippen LogP contribution < -0.4 is 17.1 Å². The fraction of sp³-hybridized carbons (Fsp3) is 0.500. The first-order valence-corrected chi connectivity index (χ1v) is 2.67. The third kappa shape index (κ3) is 1.08. The van der Waals surface area contributed by atoms with Gasteiger partial charge < -0.3 is 0 Å². The molecule has 1 aliphatic rings. The van der Waals surface area contributed by atoms with E-state index in [2.05, 4.69) is 23.3 Å². The van der Waals surface area contributed by atoms with Crippen LogP contribution in [0, 0.1) is 0 Å². The van der Waals surface area contributed by atoms with Crippen molar-refractivity contribution in [2.45, 2.75) is 6.29 Å². The van der Waals surface area contributed by atoms with Gasteiger partial charge in [0.25, 0.3) is 0 Å². The summed E-state index contributed by atoms with van der Waals surface area (Å²) in [7, 11) is 0. The van der Waals surface area contributed by atoms with E-state index in [-0.39, 0.29) is 6.29 Å². The second-order valence-electron chi connectivity index (χ2n) is 1.54. The number of thiol groups is 1. The maximum Gasteiger partial charge on any atom is 0.210 e. The van der Waals surface area contributed by atoms with E-state index < -0.39 is 0 Å². The van der Waals surface area contributed by atoms with Crippen molar-refractivity contribution in [1.82, 2.24) is 14.8 Å². The summed E-state index contributed by atoms with van der Waals surface area (Å²) >= 11 is 3.90. The molecular formula is C2H8N6S. The van der Waals surface area contributed by atoms with Crippen LogP contribution in [0.15, 0.2) is 5.10 Å². The molecule has 1 aliphatic heterocycles. The molecule has 0 aliphatic carbocycles. The minimum absolute atomic E-state index is 0.353. The Hall–Kier alpha value is -0.500. The molecule has 1 unspecified atom stereocenters. The first-order chi connectivity index (χ1) is 4.25. The number of hydrazone groups is 1. The first kappa shape index (κ1) is 6.62. The molecule has 0 saturated carbocycles. The summed E-state index contributed by atoms with van der Waals surface area (Å²) in [6.45, 7) is 0. The van der Waals surface area contributed by atoms with Gasteiger partial charge in [-0.25, -0.2) is 15.7 Å². The number of nitrogens with zero attached hydrogens (tertiary/aromatic N) is 3. The number of hydrazine groups is 2. The third-order valence-electron chi connectivity index (χ3n) is 0.954. The van der Waals surface area contributed by atoms with Crippen LogP contribution in [0.4, 0.5) is 0 Å². The van der Waals surface area contributed by atoms with Crippen molar-refractivity contribution in [2.24, 2.45) is 16.8 Å². The van der Waals surface area contributed by atoms with Crippen LogP contribution >= 0.6 is 12.8 Å². The van der Waals surface area contributed by atoms with E-state index in [0.717, 1.165) is 0 Å². The summed E-state index contributed by atoms with van der Waals surface area (Å²) in [5, 5.41) is 5.00. The van der Waals surface area contributed by atoms with Gasteiger partial charge in [0.1, 0.15) is 6.34 Å². The van der Waals surface area contributed by atoms with Crippen LogP contribution in [0.3, 0.4) is 0 Å². The average Bonchev–Trinajstić information content (AvgIpc) is 2.12. The Labute approximate surface area is 57.9 Å². The quantitative estimate of drug-likeness (QED) is 0.197. The Morgan fingerprint density at radius 1 is 1.78 bits per heavy atom. The van der Waals surface area contributed by atoms with Crippen LogP contribution in [0.1, 0.15) is 0 Å². The van der Waals surface area contributed by atoms with E-state index in [0.29, 0.717) is 0 Å². The molecule has 1 rings (SSSR count). The van der Waals surface area contributed by atoms with E-state index >= 15 is 0 Å². The zero-order valence-electron chi connectivity index (χ0n) is 4.60. The van der Waals surface area contributed by atoms with Crippen LogP contribution in [0.2, 0.25) is 0 Å². The fourth-order valence-corrected chi connectivity index (χ4v) is 0.743. The zero-order valence-corrected chi connectivity index (χ0v) is 5.49. The number of rotatable bonds is 1. The first-order valence-electron chi connectivity index (χ1n) is 2.27. The number of hydrogen-bond donors (Lipinski definition) is 4. The molecule has 7 heteroatoms. The maximum atomic E-state index is 5.33. The second-order valence-corrected chi connectivity index (χ2v) is 1.95. The summed E-state index contributed by atoms with van der Waals surface area (Å²) in [6, 6.07) is 0. The monoisotopic (exact) mass is 148 g/mol. The molecule has 52 valence electrons. The van der Waals surface area contributed by atoms with Crippen LogP contribution in [0.25, 0.3) is 0 Å². The molecule has 0 fully saturated rings. The van der Waals surface area contributed by atoms with E-state index in [4.69, 9.17) is 11.7 Å². The molecule has 1 atom stereocenters. The van der Waals surface area contributed by atoms with Crippen molar-refractivity contribution >= 4 is 19.2 Å². The van der Waals surface area contributed by atoms with Crippen LogP contribution in [0.5, 0.6) is 0 Å². The van der Waals surface area contributed by atoms with Gasteiger partial charge in [-0.3, -0.25) is 10.9 Å². The van der Waals surface area contributed by atoms with Gasteiger partial charge in [0, 0.05) is 0 Å². The number of hydrogen-bond acceptors (Lipinski definition) is 7. The molecule has 1 heterocycles. The maximum absolute atomic E-state index is 5.33. The molecule has 9 heavy (non-hydrogen) atoms. The highest BCUT2D eigenvalue weighted by Gasteiger charge is 2.21. The van der Waals surface area contributed by atoms with Gasteiger partial charge in [-0.2, -0.15) is 5.10 Å². The summed E-state index contributed by atoms with van der Waals surface area (Å²) in [4.78, 5) is 0. The number of nitrogens with one attached hydrogen (secondary N) is 1.